The first-order valence-electron chi connectivity index (χ1n) is 7.63. The lowest BCUT2D eigenvalue weighted by Crippen LogP contribution is -2.34. The second-order valence-electron chi connectivity index (χ2n) is 6.86. The van der Waals surface area contributed by atoms with Crippen molar-refractivity contribution in [1.29, 1.82) is 0 Å². The second kappa shape index (κ2) is 5.13. The van der Waals surface area contributed by atoms with Crippen molar-refractivity contribution in [2.45, 2.75) is 45.6 Å². The predicted octanol–water partition coefficient (Wildman–Crippen LogP) is 4.26. The van der Waals surface area contributed by atoms with Gasteiger partial charge in [-0.3, -0.25) is 0 Å². The molecule has 2 atom stereocenters. The minimum atomic E-state index is 0.341. The van der Waals surface area contributed by atoms with Gasteiger partial charge in [0, 0.05) is 6.04 Å². The van der Waals surface area contributed by atoms with Crippen molar-refractivity contribution in [2.24, 2.45) is 11.3 Å². The van der Waals surface area contributed by atoms with E-state index in [9.17, 15) is 0 Å². The van der Waals surface area contributed by atoms with E-state index in [1.807, 2.05) is 0 Å². The first kappa shape index (κ1) is 12.9. The Bertz CT molecular complexity index is 472. The summed E-state index contributed by atoms with van der Waals surface area (Å²) in [6.45, 7) is 5.95. The third-order valence-electron chi connectivity index (χ3n) is 4.78. The largest absolute Gasteiger partial charge is 0.309 e. The first-order chi connectivity index (χ1) is 9.17. The zero-order valence-corrected chi connectivity index (χ0v) is 12.2. The highest BCUT2D eigenvalue weighted by Crippen LogP contribution is 2.45. The van der Waals surface area contributed by atoms with Gasteiger partial charge in [0.2, 0.25) is 0 Å². The molecule has 1 nitrogen and oxygen atoms in total. The molecule has 1 heteroatoms. The number of allylic oxidation sites excluding steroid dienone is 2. The van der Waals surface area contributed by atoms with Crippen molar-refractivity contribution in [1.82, 2.24) is 5.32 Å². The van der Waals surface area contributed by atoms with Crippen LogP contribution in [-0.4, -0.2) is 6.54 Å². The molecule has 0 spiro atoms. The number of benzene rings is 1. The summed E-state index contributed by atoms with van der Waals surface area (Å²) in [6, 6.07) is 9.47. The Morgan fingerprint density at radius 3 is 2.84 bits per heavy atom. The molecule has 1 aromatic carbocycles. The summed E-state index contributed by atoms with van der Waals surface area (Å²) in [5.74, 6) is 0.827. The third-order valence-corrected chi connectivity index (χ3v) is 4.78. The van der Waals surface area contributed by atoms with Crippen LogP contribution in [-0.2, 0) is 6.42 Å². The van der Waals surface area contributed by atoms with Gasteiger partial charge in [0.1, 0.15) is 0 Å². The van der Waals surface area contributed by atoms with E-state index in [0.717, 1.165) is 12.5 Å². The van der Waals surface area contributed by atoms with Crippen molar-refractivity contribution in [2.75, 3.05) is 6.54 Å². The first-order valence-corrected chi connectivity index (χ1v) is 7.63. The highest BCUT2D eigenvalue weighted by atomic mass is 14.9. The Kier molecular flexibility index (Phi) is 3.49. The number of hydrogen-bond donors (Lipinski definition) is 1. The van der Waals surface area contributed by atoms with Crippen LogP contribution < -0.4 is 5.32 Å². The number of hydrogen-bond acceptors (Lipinski definition) is 1. The standard InChI is InChI=1S/C18H25N/c1-18(2)12-15-10-6-7-11-16(15)17(18)19-13-14-8-4-3-5-9-14/h3-4,6-7,10-11,14,17,19H,5,8-9,12-13H2,1-2H3. The third kappa shape index (κ3) is 2.62. The second-order valence-corrected chi connectivity index (χ2v) is 6.86. The van der Waals surface area contributed by atoms with Crippen molar-refractivity contribution in [3.8, 4) is 0 Å². The van der Waals surface area contributed by atoms with Gasteiger partial charge >= 0.3 is 0 Å². The molecular weight excluding hydrogens is 230 g/mol. The lowest BCUT2D eigenvalue weighted by Gasteiger charge is -2.31. The predicted molar refractivity (Wildman–Crippen MR) is 81.2 cm³/mol. The van der Waals surface area contributed by atoms with Gasteiger partial charge in [-0.25, -0.2) is 0 Å². The Hall–Kier alpha value is -1.08. The normalized spacial score (nSPS) is 28.3. The lowest BCUT2D eigenvalue weighted by atomic mass is 9.84. The van der Waals surface area contributed by atoms with Crippen LogP contribution in [0.3, 0.4) is 0 Å². The Morgan fingerprint density at radius 1 is 1.21 bits per heavy atom. The SMILES string of the molecule is CC1(C)Cc2ccccc2C1NCC1CC=CCC1. The van der Waals surface area contributed by atoms with E-state index in [4.69, 9.17) is 0 Å². The summed E-state index contributed by atoms with van der Waals surface area (Å²) in [5.41, 5.74) is 3.40. The van der Waals surface area contributed by atoms with Gasteiger partial charge in [-0.1, -0.05) is 50.3 Å². The molecule has 0 heterocycles. The molecule has 0 aliphatic heterocycles. The summed E-state index contributed by atoms with van der Waals surface area (Å²) in [6.07, 6.45) is 9.73. The molecule has 2 unspecified atom stereocenters. The van der Waals surface area contributed by atoms with Crippen LogP contribution >= 0.6 is 0 Å². The highest BCUT2D eigenvalue weighted by Gasteiger charge is 2.38. The molecule has 1 N–H and O–H groups in total. The fourth-order valence-electron chi connectivity index (χ4n) is 3.70. The molecule has 2 aliphatic carbocycles. The number of rotatable bonds is 3. The summed E-state index contributed by atoms with van der Waals surface area (Å²) in [4.78, 5) is 0. The zero-order chi connectivity index (χ0) is 13.3. The monoisotopic (exact) mass is 255 g/mol. The lowest BCUT2D eigenvalue weighted by molar-refractivity contribution is 0.254. The van der Waals surface area contributed by atoms with Gasteiger partial charge in [0.25, 0.3) is 0 Å². The van der Waals surface area contributed by atoms with Crippen LogP contribution in [0, 0.1) is 11.3 Å². The molecule has 1 aromatic rings. The smallest absolute Gasteiger partial charge is 0.0377 e. The van der Waals surface area contributed by atoms with E-state index in [0.29, 0.717) is 11.5 Å². The van der Waals surface area contributed by atoms with E-state index in [1.54, 1.807) is 0 Å². The van der Waals surface area contributed by atoms with Crippen LogP contribution in [0.1, 0.15) is 50.3 Å². The van der Waals surface area contributed by atoms with Crippen molar-refractivity contribution in [3.63, 3.8) is 0 Å². The van der Waals surface area contributed by atoms with E-state index in [2.05, 4.69) is 55.6 Å². The molecule has 0 saturated heterocycles. The molecule has 0 fully saturated rings. The molecule has 0 aromatic heterocycles. The topological polar surface area (TPSA) is 12.0 Å². The summed E-state index contributed by atoms with van der Waals surface area (Å²) >= 11 is 0. The zero-order valence-electron chi connectivity index (χ0n) is 12.2. The van der Waals surface area contributed by atoms with Crippen molar-refractivity contribution in [3.05, 3.63) is 47.5 Å². The van der Waals surface area contributed by atoms with Gasteiger partial charge in [0.15, 0.2) is 0 Å². The number of fused-ring (bicyclic) bond motifs is 1. The van der Waals surface area contributed by atoms with Crippen LogP contribution in [0.25, 0.3) is 0 Å². The van der Waals surface area contributed by atoms with E-state index < -0.39 is 0 Å². The maximum absolute atomic E-state index is 3.86. The van der Waals surface area contributed by atoms with Crippen molar-refractivity contribution < 1.29 is 0 Å². The van der Waals surface area contributed by atoms with Crippen LogP contribution in [0.5, 0.6) is 0 Å². The molecule has 19 heavy (non-hydrogen) atoms. The quantitative estimate of drug-likeness (QED) is 0.796. The maximum atomic E-state index is 3.86. The molecule has 2 aliphatic rings. The van der Waals surface area contributed by atoms with E-state index >= 15 is 0 Å². The molecule has 102 valence electrons. The molecule has 0 amide bonds. The van der Waals surface area contributed by atoms with Crippen LogP contribution in [0.2, 0.25) is 0 Å². The Labute approximate surface area is 117 Å². The van der Waals surface area contributed by atoms with Gasteiger partial charge in [-0.05, 0) is 54.7 Å². The summed E-state index contributed by atoms with van der Waals surface area (Å²) < 4.78 is 0. The van der Waals surface area contributed by atoms with Gasteiger partial charge < -0.3 is 5.32 Å². The Morgan fingerprint density at radius 2 is 2.05 bits per heavy atom. The maximum Gasteiger partial charge on any atom is 0.0377 e. The van der Waals surface area contributed by atoms with E-state index in [-0.39, 0.29) is 0 Å². The van der Waals surface area contributed by atoms with Gasteiger partial charge in [-0.2, -0.15) is 0 Å². The molecule has 0 bridgehead atoms. The fraction of sp³-hybridized carbons (Fsp3) is 0.556. The summed E-state index contributed by atoms with van der Waals surface area (Å²) in [7, 11) is 0. The highest BCUT2D eigenvalue weighted by molar-refractivity contribution is 5.37. The fourth-order valence-corrected chi connectivity index (χ4v) is 3.70. The van der Waals surface area contributed by atoms with Gasteiger partial charge in [0.05, 0.1) is 0 Å². The van der Waals surface area contributed by atoms with Crippen molar-refractivity contribution >= 4 is 0 Å². The van der Waals surface area contributed by atoms with Crippen LogP contribution in [0.4, 0.5) is 0 Å². The Balaban J connectivity index is 1.70. The minimum absolute atomic E-state index is 0.341. The minimum Gasteiger partial charge on any atom is -0.309 e. The number of nitrogens with one attached hydrogen (secondary N) is 1. The molecule has 0 radical (unpaired) electrons. The molecular formula is C18H25N. The van der Waals surface area contributed by atoms with Gasteiger partial charge in [-0.15, -0.1) is 0 Å². The average molecular weight is 255 g/mol. The molecule has 0 saturated carbocycles. The summed E-state index contributed by atoms with van der Waals surface area (Å²) in [5, 5.41) is 3.86. The molecule has 3 rings (SSSR count). The van der Waals surface area contributed by atoms with Crippen LogP contribution in [0.15, 0.2) is 36.4 Å². The van der Waals surface area contributed by atoms with E-state index in [1.165, 1.54) is 36.8 Å². The average Bonchev–Trinajstić information content (AvgIpc) is 2.67.